The van der Waals surface area contributed by atoms with Crippen LogP contribution in [0.1, 0.15) is 22.3 Å². The van der Waals surface area contributed by atoms with Crippen LogP contribution in [0.4, 0.5) is 11.4 Å². The second kappa shape index (κ2) is 8.84. The zero-order valence-corrected chi connectivity index (χ0v) is 17.7. The molecular weight excluding hydrogens is 398 g/mol. The van der Waals surface area contributed by atoms with Gasteiger partial charge in [-0.3, -0.25) is 10.1 Å². The van der Waals surface area contributed by atoms with Gasteiger partial charge in [-0.05, 0) is 44.0 Å². The second-order valence-corrected chi connectivity index (χ2v) is 7.47. The molecule has 152 valence electrons. The fourth-order valence-electron chi connectivity index (χ4n) is 3.03. The quantitative estimate of drug-likeness (QED) is 0.149. The van der Waals surface area contributed by atoms with E-state index in [4.69, 9.17) is 12.2 Å². The van der Waals surface area contributed by atoms with Crippen LogP contribution < -0.4 is 9.88 Å². The fraction of sp³-hybridized carbons (Fsp3) is 0.130. The van der Waals surface area contributed by atoms with Crippen LogP contribution >= 0.6 is 12.2 Å². The summed E-state index contributed by atoms with van der Waals surface area (Å²) in [6, 6.07) is 15.6. The topological polar surface area (TPSA) is 79.3 Å². The minimum atomic E-state index is -0.497. The van der Waals surface area contributed by atoms with E-state index in [0.29, 0.717) is 16.2 Å². The Morgan fingerprint density at radius 3 is 2.53 bits per heavy atom. The zero-order chi connectivity index (χ0) is 21.8. The SMILES string of the molecule is Cc1ccc(C)c(NC(=S)C(=C(O)c2cccc([N+](=O)[O-])c2)[n+]2cccc(C)c2)c1. The van der Waals surface area contributed by atoms with Crippen LogP contribution in [0.5, 0.6) is 0 Å². The van der Waals surface area contributed by atoms with Crippen molar-refractivity contribution in [2.24, 2.45) is 0 Å². The van der Waals surface area contributed by atoms with Gasteiger partial charge >= 0.3 is 0 Å². The number of hydrogen-bond acceptors (Lipinski definition) is 4. The standard InChI is InChI=1S/C23H21N3O3S/c1-15-9-10-17(3)20(12-15)24-23(30)21(25-11-5-6-16(2)14-25)22(27)18-7-4-8-19(13-18)26(28)29/h4-14H,1-3H3,(H-,24,27,30)/p+1. The highest BCUT2D eigenvalue weighted by atomic mass is 32.1. The summed E-state index contributed by atoms with van der Waals surface area (Å²) in [4.78, 5) is 11.0. The van der Waals surface area contributed by atoms with Gasteiger partial charge < -0.3 is 10.4 Å². The third kappa shape index (κ3) is 4.69. The van der Waals surface area contributed by atoms with Crippen LogP contribution in [-0.4, -0.2) is 15.0 Å². The number of nitrogens with zero attached hydrogens (tertiary/aromatic N) is 2. The smallest absolute Gasteiger partial charge is 0.288 e. The van der Waals surface area contributed by atoms with Crippen LogP contribution in [0, 0.1) is 30.9 Å². The van der Waals surface area contributed by atoms with Crippen molar-refractivity contribution < 1.29 is 14.6 Å². The Morgan fingerprint density at radius 2 is 1.83 bits per heavy atom. The second-order valence-electron chi connectivity index (χ2n) is 7.07. The first kappa shape index (κ1) is 21.1. The van der Waals surface area contributed by atoms with Gasteiger partial charge in [0, 0.05) is 35.0 Å². The molecule has 0 aliphatic rings. The number of pyridine rings is 1. The molecule has 1 heterocycles. The summed E-state index contributed by atoms with van der Waals surface area (Å²) in [6.45, 7) is 5.88. The van der Waals surface area contributed by atoms with Gasteiger partial charge in [-0.15, -0.1) is 0 Å². The summed E-state index contributed by atoms with van der Waals surface area (Å²) in [7, 11) is 0. The third-order valence-corrected chi connectivity index (χ3v) is 4.91. The number of thiocarbonyl (C=S) groups is 1. The average molecular weight is 421 g/mol. The van der Waals surface area contributed by atoms with E-state index >= 15 is 0 Å². The van der Waals surface area contributed by atoms with Crippen molar-refractivity contribution in [3.8, 4) is 0 Å². The van der Waals surface area contributed by atoms with Gasteiger partial charge in [0.15, 0.2) is 23.1 Å². The average Bonchev–Trinajstić information content (AvgIpc) is 2.71. The number of hydrogen-bond donors (Lipinski definition) is 2. The van der Waals surface area contributed by atoms with E-state index in [0.717, 1.165) is 22.4 Å². The van der Waals surface area contributed by atoms with E-state index in [1.54, 1.807) is 16.8 Å². The van der Waals surface area contributed by atoms with E-state index in [-0.39, 0.29) is 11.4 Å². The molecule has 0 atom stereocenters. The van der Waals surface area contributed by atoms with Crippen LogP contribution in [0.2, 0.25) is 0 Å². The van der Waals surface area contributed by atoms with Gasteiger partial charge in [0.2, 0.25) is 0 Å². The molecule has 0 fully saturated rings. The minimum absolute atomic E-state index is 0.110. The van der Waals surface area contributed by atoms with Gasteiger partial charge in [-0.25, -0.2) is 0 Å². The molecule has 0 saturated heterocycles. The Kier molecular flexibility index (Phi) is 6.23. The molecule has 2 N–H and O–H groups in total. The molecule has 0 aliphatic carbocycles. The van der Waals surface area contributed by atoms with Gasteiger partial charge in [0.1, 0.15) is 0 Å². The number of rotatable bonds is 5. The van der Waals surface area contributed by atoms with Crippen LogP contribution in [0.25, 0.3) is 11.5 Å². The Balaban J connectivity index is 2.14. The summed E-state index contributed by atoms with van der Waals surface area (Å²) < 4.78 is 1.71. The van der Waals surface area contributed by atoms with Crippen LogP contribution in [-0.2, 0) is 0 Å². The van der Waals surface area contributed by atoms with Gasteiger partial charge in [0.05, 0.1) is 4.92 Å². The maximum Gasteiger partial charge on any atom is 0.288 e. The van der Waals surface area contributed by atoms with Crippen molar-refractivity contribution >= 4 is 40.0 Å². The summed E-state index contributed by atoms with van der Waals surface area (Å²) in [5.41, 5.74) is 4.40. The summed E-state index contributed by atoms with van der Waals surface area (Å²) >= 11 is 5.66. The number of aromatic nitrogens is 1. The number of aliphatic hydroxyl groups is 1. The van der Waals surface area contributed by atoms with Crippen molar-refractivity contribution in [1.29, 1.82) is 0 Å². The molecule has 30 heavy (non-hydrogen) atoms. The Labute approximate surface area is 180 Å². The molecular formula is C23H22N3O3S+. The Morgan fingerprint density at radius 1 is 1.07 bits per heavy atom. The maximum atomic E-state index is 11.2. The Hall–Kier alpha value is -3.58. The highest BCUT2D eigenvalue weighted by molar-refractivity contribution is 7.81. The van der Waals surface area contributed by atoms with Gasteiger partial charge in [-0.1, -0.05) is 36.5 Å². The van der Waals surface area contributed by atoms with Crippen molar-refractivity contribution in [3.63, 3.8) is 0 Å². The van der Waals surface area contributed by atoms with E-state index in [2.05, 4.69) is 5.32 Å². The first-order chi connectivity index (χ1) is 14.3. The Bertz CT molecular complexity index is 1170. The number of nitrogens with one attached hydrogen (secondary N) is 1. The number of anilines is 1. The molecule has 0 amide bonds. The summed E-state index contributed by atoms with van der Waals surface area (Å²) in [5.74, 6) is -0.155. The molecule has 0 unspecified atom stereocenters. The minimum Gasteiger partial charge on any atom is -0.502 e. The van der Waals surface area contributed by atoms with Crippen molar-refractivity contribution in [1.82, 2.24) is 0 Å². The molecule has 0 radical (unpaired) electrons. The highest BCUT2D eigenvalue weighted by Crippen LogP contribution is 2.24. The lowest BCUT2D eigenvalue weighted by Gasteiger charge is -2.13. The van der Waals surface area contributed by atoms with Gasteiger partial charge in [-0.2, -0.15) is 4.57 Å². The van der Waals surface area contributed by atoms with Crippen LogP contribution in [0.15, 0.2) is 67.0 Å². The molecule has 0 bridgehead atoms. The molecule has 0 aliphatic heterocycles. The number of non-ortho nitro benzene ring substituents is 1. The molecule has 0 spiro atoms. The van der Waals surface area contributed by atoms with Gasteiger partial charge in [0.25, 0.3) is 11.4 Å². The summed E-state index contributed by atoms with van der Waals surface area (Å²) in [5, 5.41) is 25.5. The largest absolute Gasteiger partial charge is 0.502 e. The first-order valence-corrected chi connectivity index (χ1v) is 9.72. The van der Waals surface area contributed by atoms with E-state index in [1.165, 1.54) is 18.2 Å². The number of benzene rings is 2. The highest BCUT2D eigenvalue weighted by Gasteiger charge is 2.25. The number of aryl methyl sites for hydroxylation is 3. The monoisotopic (exact) mass is 420 g/mol. The predicted molar refractivity (Wildman–Crippen MR) is 122 cm³/mol. The maximum absolute atomic E-state index is 11.2. The number of nitro benzene ring substituents is 1. The number of nitro groups is 1. The molecule has 0 saturated carbocycles. The molecule has 2 aromatic carbocycles. The normalized spacial score (nSPS) is 11.6. The van der Waals surface area contributed by atoms with E-state index < -0.39 is 4.92 Å². The number of aliphatic hydroxyl groups excluding tert-OH is 1. The molecule has 3 rings (SSSR count). The lowest BCUT2D eigenvalue weighted by atomic mass is 10.1. The molecule has 7 heteroatoms. The zero-order valence-electron chi connectivity index (χ0n) is 16.9. The third-order valence-electron chi connectivity index (χ3n) is 4.62. The van der Waals surface area contributed by atoms with E-state index in [1.807, 2.05) is 57.3 Å². The van der Waals surface area contributed by atoms with Crippen LogP contribution in [0.3, 0.4) is 0 Å². The lowest BCUT2D eigenvalue weighted by molar-refractivity contribution is -0.576. The van der Waals surface area contributed by atoms with Crippen molar-refractivity contribution in [2.45, 2.75) is 20.8 Å². The first-order valence-electron chi connectivity index (χ1n) is 9.31. The van der Waals surface area contributed by atoms with E-state index in [9.17, 15) is 15.2 Å². The predicted octanol–water partition coefficient (Wildman–Crippen LogP) is 5.13. The molecule has 3 aromatic rings. The van der Waals surface area contributed by atoms with Crippen molar-refractivity contribution in [2.75, 3.05) is 5.32 Å². The van der Waals surface area contributed by atoms with Crippen molar-refractivity contribution in [3.05, 3.63) is 99.4 Å². The fourth-order valence-corrected chi connectivity index (χ4v) is 3.35. The molecule has 1 aromatic heterocycles. The summed E-state index contributed by atoms with van der Waals surface area (Å²) in [6.07, 6.45) is 3.60. The molecule has 6 nitrogen and oxygen atoms in total. The lowest BCUT2D eigenvalue weighted by Crippen LogP contribution is -2.38.